The van der Waals surface area contributed by atoms with Gasteiger partial charge in [-0.3, -0.25) is 9.59 Å². The van der Waals surface area contributed by atoms with Crippen molar-refractivity contribution < 1.29 is 9.59 Å². The lowest BCUT2D eigenvalue weighted by molar-refractivity contribution is -0.137. The third-order valence-electron chi connectivity index (χ3n) is 3.81. The number of amides is 2. The van der Waals surface area contributed by atoms with Gasteiger partial charge in [0.05, 0.1) is 0 Å². The molecule has 1 aliphatic rings. The van der Waals surface area contributed by atoms with E-state index in [1.165, 1.54) is 11.1 Å². The van der Waals surface area contributed by atoms with Gasteiger partial charge in [-0.25, -0.2) is 0 Å². The maximum atomic E-state index is 12.2. The van der Waals surface area contributed by atoms with Crippen molar-refractivity contribution in [3.05, 3.63) is 35.4 Å². The van der Waals surface area contributed by atoms with Crippen LogP contribution in [-0.4, -0.2) is 29.3 Å². The summed E-state index contributed by atoms with van der Waals surface area (Å²) in [4.78, 5) is 25.7. The van der Waals surface area contributed by atoms with Crippen LogP contribution in [0.3, 0.4) is 0 Å². The molecule has 1 heterocycles. The van der Waals surface area contributed by atoms with Crippen molar-refractivity contribution in [3.8, 4) is 0 Å². The molecule has 0 fully saturated rings. The Kier molecular flexibility index (Phi) is 4.77. The highest BCUT2D eigenvalue weighted by Gasteiger charge is 2.22. The van der Waals surface area contributed by atoms with Crippen LogP contribution in [-0.2, 0) is 22.6 Å². The van der Waals surface area contributed by atoms with Crippen LogP contribution in [0.5, 0.6) is 0 Å². The average Bonchev–Trinajstić information content (AvgIpc) is 2.46. The zero-order chi connectivity index (χ0) is 14.5. The average molecular weight is 274 g/mol. The molecule has 0 saturated heterocycles. The summed E-state index contributed by atoms with van der Waals surface area (Å²) in [6.45, 7) is 5.27. The molecule has 4 heteroatoms. The van der Waals surface area contributed by atoms with Gasteiger partial charge in [0.15, 0.2) is 0 Å². The van der Waals surface area contributed by atoms with E-state index in [4.69, 9.17) is 0 Å². The molecule has 1 aromatic carbocycles. The fourth-order valence-corrected chi connectivity index (χ4v) is 2.39. The molecule has 108 valence electrons. The summed E-state index contributed by atoms with van der Waals surface area (Å²) in [5, 5.41) is 2.83. The molecule has 1 aromatic rings. The molecule has 1 unspecified atom stereocenters. The van der Waals surface area contributed by atoms with Gasteiger partial charge in [-0.15, -0.1) is 0 Å². The summed E-state index contributed by atoms with van der Waals surface area (Å²) in [5.74, 6) is -0.261. The van der Waals surface area contributed by atoms with E-state index in [-0.39, 0.29) is 24.3 Å². The fourth-order valence-electron chi connectivity index (χ4n) is 2.39. The van der Waals surface area contributed by atoms with Crippen LogP contribution in [0, 0.1) is 0 Å². The van der Waals surface area contributed by atoms with E-state index in [0.717, 1.165) is 12.8 Å². The lowest BCUT2D eigenvalue weighted by Gasteiger charge is -2.28. The molecular weight excluding hydrogens is 252 g/mol. The van der Waals surface area contributed by atoms with Crippen molar-refractivity contribution in [2.75, 3.05) is 6.54 Å². The number of nitrogens with one attached hydrogen (secondary N) is 1. The second-order valence-electron chi connectivity index (χ2n) is 5.39. The molecule has 0 aliphatic carbocycles. The molecule has 0 saturated carbocycles. The number of rotatable bonds is 4. The van der Waals surface area contributed by atoms with E-state index in [9.17, 15) is 9.59 Å². The van der Waals surface area contributed by atoms with Gasteiger partial charge in [-0.05, 0) is 30.9 Å². The topological polar surface area (TPSA) is 49.4 Å². The van der Waals surface area contributed by atoms with E-state index in [0.29, 0.717) is 13.1 Å². The first-order valence-corrected chi connectivity index (χ1v) is 7.24. The number of benzene rings is 1. The zero-order valence-corrected chi connectivity index (χ0v) is 12.2. The van der Waals surface area contributed by atoms with Gasteiger partial charge in [-0.1, -0.05) is 31.2 Å². The summed E-state index contributed by atoms with van der Waals surface area (Å²) >= 11 is 0. The van der Waals surface area contributed by atoms with E-state index in [2.05, 4.69) is 11.4 Å². The standard InChI is InChI=1S/C16H22N2O2/c1-3-12(2)17-15(19)10-16(20)18-9-8-13-6-4-5-7-14(13)11-18/h4-7,12H,3,8-11H2,1-2H3,(H,17,19). The van der Waals surface area contributed by atoms with Gasteiger partial charge in [0, 0.05) is 19.1 Å². The van der Waals surface area contributed by atoms with Crippen LogP contribution in [0.2, 0.25) is 0 Å². The summed E-state index contributed by atoms with van der Waals surface area (Å²) in [6.07, 6.45) is 1.69. The molecule has 1 aliphatic heterocycles. The third-order valence-corrected chi connectivity index (χ3v) is 3.81. The van der Waals surface area contributed by atoms with Crippen LogP contribution in [0.1, 0.15) is 37.8 Å². The van der Waals surface area contributed by atoms with Crippen molar-refractivity contribution in [1.29, 1.82) is 0 Å². The summed E-state index contributed by atoms with van der Waals surface area (Å²) < 4.78 is 0. The van der Waals surface area contributed by atoms with Crippen LogP contribution in [0.4, 0.5) is 0 Å². The minimum Gasteiger partial charge on any atom is -0.353 e. The van der Waals surface area contributed by atoms with Crippen molar-refractivity contribution >= 4 is 11.8 Å². The first-order valence-electron chi connectivity index (χ1n) is 7.24. The molecule has 20 heavy (non-hydrogen) atoms. The van der Waals surface area contributed by atoms with Crippen LogP contribution < -0.4 is 5.32 Å². The SMILES string of the molecule is CCC(C)NC(=O)CC(=O)N1CCc2ccccc2C1. The highest BCUT2D eigenvalue weighted by Crippen LogP contribution is 2.18. The molecule has 1 N–H and O–H groups in total. The number of nitrogens with zero attached hydrogens (tertiary/aromatic N) is 1. The number of carbonyl (C=O) groups is 2. The molecule has 0 spiro atoms. The monoisotopic (exact) mass is 274 g/mol. The molecule has 0 aromatic heterocycles. The fraction of sp³-hybridized carbons (Fsp3) is 0.500. The van der Waals surface area contributed by atoms with Gasteiger partial charge in [0.2, 0.25) is 11.8 Å². The van der Waals surface area contributed by atoms with E-state index < -0.39 is 0 Å². The van der Waals surface area contributed by atoms with Crippen molar-refractivity contribution in [2.24, 2.45) is 0 Å². The van der Waals surface area contributed by atoms with Crippen molar-refractivity contribution in [2.45, 2.75) is 45.7 Å². The van der Waals surface area contributed by atoms with Crippen molar-refractivity contribution in [1.82, 2.24) is 10.2 Å². The second-order valence-corrected chi connectivity index (χ2v) is 5.39. The van der Waals surface area contributed by atoms with Crippen molar-refractivity contribution in [3.63, 3.8) is 0 Å². The Morgan fingerprint density at radius 1 is 1.30 bits per heavy atom. The lowest BCUT2D eigenvalue weighted by Crippen LogP contribution is -2.40. The van der Waals surface area contributed by atoms with E-state index in [1.54, 1.807) is 4.90 Å². The normalized spacial score (nSPS) is 15.4. The Labute approximate surface area is 120 Å². The molecular formula is C16H22N2O2. The Morgan fingerprint density at radius 3 is 2.70 bits per heavy atom. The number of hydrogen-bond acceptors (Lipinski definition) is 2. The predicted molar refractivity (Wildman–Crippen MR) is 78.1 cm³/mol. The third kappa shape index (κ3) is 3.59. The Balaban J connectivity index is 1.90. The summed E-state index contributed by atoms with van der Waals surface area (Å²) in [6, 6.07) is 8.29. The maximum absolute atomic E-state index is 12.2. The molecule has 2 amide bonds. The summed E-state index contributed by atoms with van der Waals surface area (Å²) in [7, 11) is 0. The maximum Gasteiger partial charge on any atom is 0.232 e. The van der Waals surface area contributed by atoms with Crippen LogP contribution in [0.25, 0.3) is 0 Å². The second kappa shape index (κ2) is 6.55. The molecule has 4 nitrogen and oxygen atoms in total. The highest BCUT2D eigenvalue weighted by molar-refractivity contribution is 5.97. The van der Waals surface area contributed by atoms with Gasteiger partial charge in [0.25, 0.3) is 0 Å². The van der Waals surface area contributed by atoms with Crippen LogP contribution in [0.15, 0.2) is 24.3 Å². The van der Waals surface area contributed by atoms with Crippen LogP contribution >= 0.6 is 0 Å². The molecule has 2 rings (SSSR count). The Morgan fingerprint density at radius 2 is 2.00 bits per heavy atom. The van der Waals surface area contributed by atoms with E-state index in [1.807, 2.05) is 32.0 Å². The molecule has 1 atom stereocenters. The minimum atomic E-state index is -0.178. The predicted octanol–water partition coefficient (Wildman–Crippen LogP) is 1.88. The van der Waals surface area contributed by atoms with Gasteiger partial charge in [-0.2, -0.15) is 0 Å². The minimum absolute atomic E-state index is 0.0491. The summed E-state index contributed by atoms with van der Waals surface area (Å²) in [5.41, 5.74) is 2.50. The molecule has 0 bridgehead atoms. The smallest absolute Gasteiger partial charge is 0.232 e. The Bertz CT molecular complexity index is 499. The number of hydrogen-bond donors (Lipinski definition) is 1. The van der Waals surface area contributed by atoms with Gasteiger partial charge < -0.3 is 10.2 Å². The number of carbonyl (C=O) groups excluding carboxylic acids is 2. The Hall–Kier alpha value is -1.84. The highest BCUT2D eigenvalue weighted by atomic mass is 16.2. The quantitative estimate of drug-likeness (QED) is 0.852. The first kappa shape index (κ1) is 14.6. The number of fused-ring (bicyclic) bond motifs is 1. The van der Waals surface area contributed by atoms with E-state index >= 15 is 0 Å². The zero-order valence-electron chi connectivity index (χ0n) is 12.2. The first-order chi connectivity index (χ1) is 9.60. The van der Waals surface area contributed by atoms with Gasteiger partial charge >= 0.3 is 0 Å². The largest absolute Gasteiger partial charge is 0.353 e. The molecule has 0 radical (unpaired) electrons. The lowest BCUT2D eigenvalue weighted by atomic mass is 10.00. The van der Waals surface area contributed by atoms with Gasteiger partial charge in [0.1, 0.15) is 6.42 Å².